The fraction of sp³-hybridized carbons (Fsp3) is 0.400. The molecule has 0 bridgehead atoms. The molecule has 1 aromatic carbocycles. The van der Waals surface area contributed by atoms with Crippen LogP contribution in [0.2, 0.25) is 0 Å². The standard InChI is InChI=1S/C15H18N2O5/c1-22-7-6-12(15(20)21)16-13(18)9-17-8-10-4-2-3-5-11(10)14(17)19/h2-5,12H,6-9H2,1H3,(H,16,18)(H,20,21). The van der Waals surface area contributed by atoms with E-state index in [0.717, 1.165) is 5.56 Å². The molecular weight excluding hydrogens is 288 g/mol. The summed E-state index contributed by atoms with van der Waals surface area (Å²) in [6, 6.07) is 6.14. The number of ether oxygens (including phenoxy) is 1. The summed E-state index contributed by atoms with van der Waals surface area (Å²) in [4.78, 5) is 36.6. The van der Waals surface area contributed by atoms with Gasteiger partial charge in [-0.25, -0.2) is 4.79 Å². The number of carboxylic acids is 1. The fourth-order valence-corrected chi connectivity index (χ4v) is 2.35. The van der Waals surface area contributed by atoms with Gasteiger partial charge < -0.3 is 20.1 Å². The van der Waals surface area contributed by atoms with Gasteiger partial charge in [0.1, 0.15) is 12.6 Å². The van der Waals surface area contributed by atoms with Gasteiger partial charge in [-0.2, -0.15) is 0 Å². The third kappa shape index (κ3) is 3.62. The molecule has 7 nitrogen and oxygen atoms in total. The van der Waals surface area contributed by atoms with Crippen LogP contribution >= 0.6 is 0 Å². The number of benzene rings is 1. The van der Waals surface area contributed by atoms with Crippen molar-refractivity contribution in [3.05, 3.63) is 35.4 Å². The SMILES string of the molecule is COCCC(NC(=O)CN1Cc2ccccc2C1=O)C(=O)O. The van der Waals surface area contributed by atoms with Gasteiger partial charge in [-0.3, -0.25) is 9.59 Å². The maximum atomic E-state index is 12.1. The summed E-state index contributed by atoms with van der Waals surface area (Å²) in [5.74, 6) is -1.83. The van der Waals surface area contributed by atoms with E-state index in [2.05, 4.69) is 5.32 Å². The molecule has 0 aromatic heterocycles. The van der Waals surface area contributed by atoms with E-state index in [1.165, 1.54) is 12.0 Å². The van der Waals surface area contributed by atoms with Crippen molar-refractivity contribution in [2.45, 2.75) is 19.0 Å². The van der Waals surface area contributed by atoms with E-state index in [1.54, 1.807) is 12.1 Å². The molecule has 1 atom stereocenters. The second-order valence-electron chi connectivity index (χ2n) is 5.06. The zero-order valence-electron chi connectivity index (χ0n) is 12.2. The van der Waals surface area contributed by atoms with Crippen LogP contribution in [0.15, 0.2) is 24.3 Å². The first kappa shape index (κ1) is 16.0. The van der Waals surface area contributed by atoms with Gasteiger partial charge in [-0.1, -0.05) is 18.2 Å². The van der Waals surface area contributed by atoms with Gasteiger partial charge in [0.25, 0.3) is 5.91 Å². The molecule has 7 heteroatoms. The molecule has 22 heavy (non-hydrogen) atoms. The molecule has 1 unspecified atom stereocenters. The van der Waals surface area contributed by atoms with Gasteiger partial charge in [0, 0.05) is 32.2 Å². The minimum Gasteiger partial charge on any atom is -0.480 e. The Morgan fingerprint density at radius 2 is 2.14 bits per heavy atom. The van der Waals surface area contributed by atoms with Crippen LogP contribution in [0.5, 0.6) is 0 Å². The normalized spacial score (nSPS) is 14.6. The predicted octanol–water partition coefficient (Wildman–Crippen LogP) is 0.248. The van der Waals surface area contributed by atoms with Gasteiger partial charge >= 0.3 is 5.97 Å². The van der Waals surface area contributed by atoms with Crippen LogP contribution < -0.4 is 5.32 Å². The van der Waals surface area contributed by atoms with E-state index in [4.69, 9.17) is 9.84 Å². The molecule has 2 N–H and O–H groups in total. The van der Waals surface area contributed by atoms with Gasteiger partial charge in [-0.15, -0.1) is 0 Å². The van der Waals surface area contributed by atoms with Crippen molar-refractivity contribution in [2.24, 2.45) is 0 Å². The zero-order valence-corrected chi connectivity index (χ0v) is 12.2. The Kier molecular flexibility index (Phi) is 5.11. The molecule has 0 saturated carbocycles. The van der Waals surface area contributed by atoms with E-state index < -0.39 is 17.9 Å². The highest BCUT2D eigenvalue weighted by molar-refractivity contribution is 6.00. The van der Waals surface area contributed by atoms with Gasteiger partial charge in [-0.05, 0) is 11.6 Å². The van der Waals surface area contributed by atoms with Crippen molar-refractivity contribution in [2.75, 3.05) is 20.3 Å². The Bertz CT molecular complexity index is 587. The highest BCUT2D eigenvalue weighted by Crippen LogP contribution is 2.21. The lowest BCUT2D eigenvalue weighted by atomic mass is 10.1. The molecule has 1 aliphatic rings. The van der Waals surface area contributed by atoms with Crippen LogP contribution in [0, 0.1) is 0 Å². The molecule has 0 fully saturated rings. The number of carbonyl (C=O) groups is 3. The number of carboxylic acid groups (broad SMARTS) is 1. The highest BCUT2D eigenvalue weighted by Gasteiger charge is 2.29. The van der Waals surface area contributed by atoms with Crippen LogP contribution in [0.25, 0.3) is 0 Å². The fourth-order valence-electron chi connectivity index (χ4n) is 2.35. The summed E-state index contributed by atoms with van der Waals surface area (Å²) in [6.45, 7) is 0.424. The van der Waals surface area contributed by atoms with Crippen LogP contribution in [-0.2, 0) is 20.9 Å². The van der Waals surface area contributed by atoms with Crippen molar-refractivity contribution >= 4 is 17.8 Å². The Morgan fingerprint density at radius 3 is 2.77 bits per heavy atom. The second kappa shape index (κ2) is 7.04. The maximum Gasteiger partial charge on any atom is 0.326 e. The summed E-state index contributed by atoms with van der Waals surface area (Å²) in [6.07, 6.45) is 0.172. The van der Waals surface area contributed by atoms with E-state index in [1.807, 2.05) is 12.1 Å². The minimum atomic E-state index is -1.12. The molecule has 118 valence electrons. The molecule has 0 spiro atoms. The summed E-state index contributed by atoms with van der Waals surface area (Å²) >= 11 is 0. The summed E-state index contributed by atoms with van der Waals surface area (Å²) < 4.78 is 4.82. The molecule has 0 radical (unpaired) electrons. The highest BCUT2D eigenvalue weighted by atomic mass is 16.5. The van der Waals surface area contributed by atoms with Gasteiger partial charge in [0.05, 0.1) is 0 Å². The average Bonchev–Trinajstić information content (AvgIpc) is 2.80. The molecule has 0 aliphatic carbocycles. The van der Waals surface area contributed by atoms with E-state index in [-0.39, 0.29) is 25.5 Å². The van der Waals surface area contributed by atoms with E-state index in [9.17, 15) is 14.4 Å². The number of nitrogens with zero attached hydrogens (tertiary/aromatic N) is 1. The van der Waals surface area contributed by atoms with Crippen LogP contribution in [0.4, 0.5) is 0 Å². The quantitative estimate of drug-likeness (QED) is 0.753. The molecule has 2 amide bonds. The van der Waals surface area contributed by atoms with Crippen LogP contribution in [0.3, 0.4) is 0 Å². The van der Waals surface area contributed by atoms with Crippen molar-refractivity contribution in [1.82, 2.24) is 10.2 Å². The third-order valence-corrected chi connectivity index (χ3v) is 3.47. The number of amides is 2. The Hall–Kier alpha value is -2.41. The minimum absolute atomic E-state index is 0.162. The van der Waals surface area contributed by atoms with Crippen molar-refractivity contribution < 1.29 is 24.2 Å². The number of carbonyl (C=O) groups excluding carboxylic acids is 2. The topological polar surface area (TPSA) is 95.9 Å². The largest absolute Gasteiger partial charge is 0.480 e. The van der Waals surface area contributed by atoms with E-state index in [0.29, 0.717) is 12.1 Å². The third-order valence-electron chi connectivity index (χ3n) is 3.47. The first-order valence-electron chi connectivity index (χ1n) is 6.91. The lowest BCUT2D eigenvalue weighted by Crippen LogP contribution is -2.46. The molecule has 1 heterocycles. The molecule has 1 aliphatic heterocycles. The number of hydrogen-bond donors (Lipinski definition) is 2. The number of aliphatic carboxylic acids is 1. The zero-order chi connectivity index (χ0) is 16.1. The lowest BCUT2D eigenvalue weighted by Gasteiger charge is -2.18. The Labute approximate surface area is 127 Å². The summed E-state index contributed by atoms with van der Waals surface area (Å²) in [7, 11) is 1.46. The molecule has 1 aromatic rings. The van der Waals surface area contributed by atoms with E-state index >= 15 is 0 Å². The molecule has 2 rings (SSSR count). The van der Waals surface area contributed by atoms with Crippen molar-refractivity contribution in [1.29, 1.82) is 0 Å². The van der Waals surface area contributed by atoms with Gasteiger partial charge in [0.2, 0.25) is 5.91 Å². The molecular formula is C15H18N2O5. The first-order valence-corrected chi connectivity index (χ1v) is 6.91. The molecule has 0 saturated heterocycles. The second-order valence-corrected chi connectivity index (χ2v) is 5.06. The Balaban J connectivity index is 1.93. The number of nitrogens with one attached hydrogen (secondary N) is 1. The summed E-state index contributed by atoms with van der Waals surface area (Å²) in [5, 5.41) is 11.5. The van der Waals surface area contributed by atoms with Gasteiger partial charge in [0.15, 0.2) is 0 Å². The monoisotopic (exact) mass is 306 g/mol. The maximum absolute atomic E-state index is 12.1. The smallest absolute Gasteiger partial charge is 0.326 e. The summed E-state index contributed by atoms with van der Waals surface area (Å²) in [5.41, 5.74) is 1.46. The Morgan fingerprint density at radius 1 is 1.41 bits per heavy atom. The first-order chi connectivity index (χ1) is 10.5. The average molecular weight is 306 g/mol. The number of methoxy groups -OCH3 is 1. The van der Waals surface area contributed by atoms with Crippen molar-refractivity contribution in [3.8, 4) is 0 Å². The van der Waals surface area contributed by atoms with Crippen LogP contribution in [0.1, 0.15) is 22.3 Å². The number of hydrogen-bond acceptors (Lipinski definition) is 4. The number of fused-ring (bicyclic) bond motifs is 1. The van der Waals surface area contributed by atoms with Crippen LogP contribution in [-0.4, -0.2) is 54.1 Å². The lowest BCUT2D eigenvalue weighted by molar-refractivity contribution is -0.142. The predicted molar refractivity (Wildman–Crippen MR) is 77.2 cm³/mol. The number of rotatable bonds is 7. The van der Waals surface area contributed by atoms with Crippen molar-refractivity contribution in [3.63, 3.8) is 0 Å².